The number of halogens is 1. The van der Waals surface area contributed by atoms with Gasteiger partial charge in [-0.15, -0.1) is 0 Å². The van der Waals surface area contributed by atoms with Gasteiger partial charge in [-0.05, 0) is 18.2 Å². The number of rotatable bonds is 2. The van der Waals surface area contributed by atoms with Gasteiger partial charge in [0, 0.05) is 17.6 Å². The summed E-state index contributed by atoms with van der Waals surface area (Å²) in [6.07, 6.45) is 0. The van der Waals surface area contributed by atoms with Gasteiger partial charge in [0.1, 0.15) is 5.52 Å². The minimum absolute atomic E-state index is 0.760. The van der Waals surface area contributed by atoms with Crippen molar-refractivity contribution in [2.45, 2.75) is 6.54 Å². The van der Waals surface area contributed by atoms with E-state index in [-0.39, 0.29) is 0 Å². The molecule has 1 aliphatic rings. The maximum absolute atomic E-state index is 5.73. The molecular formula is C12H13BrN2O2. The van der Waals surface area contributed by atoms with Gasteiger partial charge in [0.25, 0.3) is 0 Å². The monoisotopic (exact) mass is 296 g/mol. The van der Waals surface area contributed by atoms with Crippen molar-refractivity contribution in [1.29, 1.82) is 0 Å². The number of fused-ring (bicyclic) bond motifs is 1. The Kier molecular flexibility index (Phi) is 3.13. The number of hydrogen-bond donors (Lipinski definition) is 0. The second-order valence-corrected chi connectivity index (χ2v) is 5.02. The van der Waals surface area contributed by atoms with Crippen LogP contribution in [0.15, 0.2) is 27.1 Å². The van der Waals surface area contributed by atoms with Crippen LogP contribution in [0.1, 0.15) is 5.89 Å². The highest BCUT2D eigenvalue weighted by molar-refractivity contribution is 9.10. The molecule has 1 aliphatic heterocycles. The highest BCUT2D eigenvalue weighted by atomic mass is 79.9. The van der Waals surface area contributed by atoms with E-state index in [1.54, 1.807) is 0 Å². The summed E-state index contributed by atoms with van der Waals surface area (Å²) >= 11 is 3.43. The molecule has 2 heterocycles. The summed E-state index contributed by atoms with van der Waals surface area (Å²) in [5, 5.41) is 0. The van der Waals surface area contributed by atoms with Gasteiger partial charge < -0.3 is 9.15 Å². The fourth-order valence-corrected chi connectivity index (χ4v) is 2.30. The van der Waals surface area contributed by atoms with E-state index in [1.807, 2.05) is 18.2 Å². The van der Waals surface area contributed by atoms with Crippen molar-refractivity contribution in [2.24, 2.45) is 0 Å². The van der Waals surface area contributed by atoms with E-state index < -0.39 is 0 Å². The van der Waals surface area contributed by atoms with Crippen LogP contribution < -0.4 is 0 Å². The summed E-state index contributed by atoms with van der Waals surface area (Å²) in [7, 11) is 0. The first-order valence-corrected chi connectivity index (χ1v) is 6.46. The van der Waals surface area contributed by atoms with E-state index in [9.17, 15) is 0 Å². The number of benzene rings is 1. The minimum Gasteiger partial charge on any atom is -0.439 e. The maximum Gasteiger partial charge on any atom is 0.209 e. The van der Waals surface area contributed by atoms with Crippen LogP contribution in [0.3, 0.4) is 0 Å². The Morgan fingerprint density at radius 2 is 2.12 bits per heavy atom. The molecule has 3 rings (SSSR count). The molecule has 0 radical (unpaired) electrons. The van der Waals surface area contributed by atoms with Crippen molar-refractivity contribution in [3.63, 3.8) is 0 Å². The Labute approximate surface area is 108 Å². The molecule has 0 atom stereocenters. The van der Waals surface area contributed by atoms with Crippen molar-refractivity contribution >= 4 is 27.0 Å². The Balaban J connectivity index is 1.80. The molecule has 1 aromatic heterocycles. The molecule has 0 bridgehead atoms. The lowest BCUT2D eigenvalue weighted by Crippen LogP contribution is -2.35. The summed E-state index contributed by atoms with van der Waals surface area (Å²) in [5.41, 5.74) is 1.75. The number of nitrogens with zero attached hydrogens (tertiary/aromatic N) is 2. The number of ether oxygens (including phenoxy) is 1. The molecule has 0 unspecified atom stereocenters. The Hall–Kier alpha value is -0.910. The highest BCUT2D eigenvalue weighted by Gasteiger charge is 2.14. The largest absolute Gasteiger partial charge is 0.439 e. The van der Waals surface area contributed by atoms with Crippen molar-refractivity contribution in [1.82, 2.24) is 9.88 Å². The summed E-state index contributed by atoms with van der Waals surface area (Å²) in [6.45, 7) is 4.25. The summed E-state index contributed by atoms with van der Waals surface area (Å²) < 4.78 is 12.1. The predicted molar refractivity (Wildman–Crippen MR) is 67.8 cm³/mol. The lowest BCUT2D eigenvalue weighted by Gasteiger charge is -2.24. The van der Waals surface area contributed by atoms with Gasteiger partial charge in [0.05, 0.1) is 19.8 Å². The van der Waals surface area contributed by atoms with Crippen LogP contribution in [0, 0.1) is 0 Å². The van der Waals surface area contributed by atoms with Crippen LogP contribution in [0.5, 0.6) is 0 Å². The lowest BCUT2D eigenvalue weighted by atomic mass is 10.3. The van der Waals surface area contributed by atoms with E-state index in [4.69, 9.17) is 9.15 Å². The maximum atomic E-state index is 5.73. The molecule has 2 aromatic rings. The van der Waals surface area contributed by atoms with Crippen molar-refractivity contribution in [3.8, 4) is 0 Å². The van der Waals surface area contributed by atoms with Gasteiger partial charge in [-0.25, -0.2) is 4.98 Å². The first kappa shape index (κ1) is 11.2. The zero-order chi connectivity index (χ0) is 11.7. The van der Waals surface area contributed by atoms with E-state index >= 15 is 0 Å². The molecular weight excluding hydrogens is 284 g/mol. The summed E-state index contributed by atoms with van der Waals surface area (Å²) in [6, 6.07) is 5.89. The third-order valence-corrected chi connectivity index (χ3v) is 3.35. The van der Waals surface area contributed by atoms with Gasteiger partial charge in [-0.1, -0.05) is 15.9 Å². The molecule has 4 nitrogen and oxygen atoms in total. The fraction of sp³-hybridized carbons (Fsp3) is 0.417. The van der Waals surface area contributed by atoms with Crippen molar-refractivity contribution in [2.75, 3.05) is 26.3 Å². The second kappa shape index (κ2) is 4.76. The highest BCUT2D eigenvalue weighted by Crippen LogP contribution is 2.21. The third-order valence-electron chi connectivity index (χ3n) is 2.86. The molecule has 1 aromatic carbocycles. The number of morpholine rings is 1. The molecule has 1 fully saturated rings. The van der Waals surface area contributed by atoms with E-state index in [1.165, 1.54) is 0 Å². The van der Waals surface area contributed by atoms with Gasteiger partial charge in [0.2, 0.25) is 5.89 Å². The smallest absolute Gasteiger partial charge is 0.209 e. The summed E-state index contributed by atoms with van der Waals surface area (Å²) in [4.78, 5) is 6.77. The zero-order valence-electron chi connectivity index (χ0n) is 9.36. The van der Waals surface area contributed by atoms with E-state index in [2.05, 4.69) is 25.8 Å². The number of oxazole rings is 1. The number of hydrogen-bond acceptors (Lipinski definition) is 4. The molecule has 90 valence electrons. The second-order valence-electron chi connectivity index (χ2n) is 4.11. The van der Waals surface area contributed by atoms with Crippen molar-refractivity contribution in [3.05, 3.63) is 28.6 Å². The van der Waals surface area contributed by atoms with Crippen LogP contribution in [-0.2, 0) is 11.3 Å². The molecule has 1 saturated heterocycles. The summed E-state index contributed by atoms with van der Waals surface area (Å²) in [5.74, 6) is 0.778. The molecule has 0 saturated carbocycles. The van der Waals surface area contributed by atoms with Crippen LogP contribution >= 0.6 is 15.9 Å². The molecule has 0 N–H and O–H groups in total. The molecule has 17 heavy (non-hydrogen) atoms. The first-order chi connectivity index (χ1) is 8.31. The minimum atomic E-state index is 0.760. The molecule has 5 heteroatoms. The fourth-order valence-electron chi connectivity index (χ4n) is 1.96. The van der Waals surface area contributed by atoms with Gasteiger partial charge in [0.15, 0.2) is 5.58 Å². The van der Waals surface area contributed by atoms with Crippen LogP contribution in [0.2, 0.25) is 0 Å². The Morgan fingerprint density at radius 1 is 1.29 bits per heavy atom. The molecule has 0 spiro atoms. The normalized spacial score (nSPS) is 17.7. The third kappa shape index (κ3) is 2.51. The zero-order valence-corrected chi connectivity index (χ0v) is 10.9. The topological polar surface area (TPSA) is 38.5 Å². The average Bonchev–Trinajstić information content (AvgIpc) is 2.71. The van der Waals surface area contributed by atoms with Gasteiger partial charge >= 0.3 is 0 Å². The first-order valence-electron chi connectivity index (χ1n) is 5.66. The Bertz CT molecular complexity index is 520. The van der Waals surface area contributed by atoms with E-state index in [0.29, 0.717) is 0 Å². The Morgan fingerprint density at radius 3 is 2.94 bits per heavy atom. The van der Waals surface area contributed by atoms with Gasteiger partial charge in [-0.3, -0.25) is 4.90 Å². The quantitative estimate of drug-likeness (QED) is 0.853. The average molecular weight is 297 g/mol. The van der Waals surface area contributed by atoms with Crippen LogP contribution in [0.4, 0.5) is 0 Å². The van der Waals surface area contributed by atoms with Crippen molar-refractivity contribution < 1.29 is 9.15 Å². The molecule has 0 amide bonds. The SMILES string of the molecule is Brc1ccc2nc(CN3CCOCC3)oc2c1. The standard InChI is InChI=1S/C12H13BrN2O2/c13-9-1-2-10-11(7-9)17-12(14-10)8-15-3-5-16-6-4-15/h1-2,7H,3-6,8H2. The molecule has 0 aliphatic carbocycles. The van der Waals surface area contributed by atoms with Crippen LogP contribution in [0.25, 0.3) is 11.1 Å². The number of aromatic nitrogens is 1. The van der Waals surface area contributed by atoms with Crippen LogP contribution in [-0.4, -0.2) is 36.2 Å². The van der Waals surface area contributed by atoms with Gasteiger partial charge in [-0.2, -0.15) is 0 Å². The lowest BCUT2D eigenvalue weighted by molar-refractivity contribution is 0.0308. The predicted octanol–water partition coefficient (Wildman–Crippen LogP) is 2.42. The van der Waals surface area contributed by atoms with E-state index in [0.717, 1.165) is 54.3 Å².